The van der Waals surface area contributed by atoms with E-state index >= 15 is 0 Å². The number of hydrogen-bond donors (Lipinski definition) is 0. The van der Waals surface area contributed by atoms with Gasteiger partial charge >= 0.3 is 0 Å². The van der Waals surface area contributed by atoms with Gasteiger partial charge < -0.3 is 9.32 Å². The van der Waals surface area contributed by atoms with E-state index in [0.29, 0.717) is 0 Å². The number of hydrogen-bond acceptors (Lipinski definition) is 5. The van der Waals surface area contributed by atoms with E-state index in [4.69, 9.17) is 4.42 Å². The summed E-state index contributed by atoms with van der Waals surface area (Å²) in [6.45, 7) is 0. The Labute approximate surface area is 280 Å². The molecule has 11 aromatic rings. The van der Waals surface area contributed by atoms with Crippen LogP contribution in [-0.2, 0) is 0 Å². The molecule has 0 N–H and O–H groups in total. The van der Waals surface area contributed by atoms with Gasteiger partial charge in [0, 0.05) is 68.0 Å². The van der Waals surface area contributed by atoms with E-state index in [1.807, 2.05) is 34.0 Å². The molecule has 0 aliphatic rings. The van der Waals surface area contributed by atoms with Gasteiger partial charge in [0.15, 0.2) is 0 Å². The third kappa shape index (κ3) is 3.59. The highest BCUT2D eigenvalue weighted by atomic mass is 32.1. The molecule has 0 bridgehead atoms. The molecular formula is C42H23NOS3. The molecule has 47 heavy (non-hydrogen) atoms. The Bertz CT molecular complexity index is 2930. The Hall–Kier alpha value is -5.20. The maximum atomic E-state index is 6.68. The van der Waals surface area contributed by atoms with Gasteiger partial charge in [-0.3, -0.25) is 0 Å². The predicted molar refractivity (Wildman–Crippen MR) is 207 cm³/mol. The summed E-state index contributed by atoms with van der Waals surface area (Å²) in [5, 5.41) is 10.1. The van der Waals surface area contributed by atoms with Crippen LogP contribution in [0.1, 0.15) is 0 Å². The molecule has 2 nitrogen and oxygen atoms in total. The minimum atomic E-state index is 0.914. The van der Waals surface area contributed by atoms with E-state index in [1.54, 1.807) is 0 Å². The van der Waals surface area contributed by atoms with Crippen molar-refractivity contribution < 1.29 is 4.42 Å². The molecule has 0 saturated carbocycles. The molecule has 0 fully saturated rings. The molecule has 0 aliphatic heterocycles. The third-order valence-electron chi connectivity index (χ3n) is 9.46. The van der Waals surface area contributed by atoms with E-state index in [9.17, 15) is 0 Å². The van der Waals surface area contributed by atoms with Crippen molar-refractivity contribution in [2.45, 2.75) is 0 Å². The second-order valence-corrected chi connectivity index (χ2v) is 15.2. The number of rotatable bonds is 3. The van der Waals surface area contributed by atoms with E-state index in [1.165, 1.54) is 77.3 Å². The number of anilines is 3. The normalized spacial score (nSPS) is 12.3. The summed E-state index contributed by atoms with van der Waals surface area (Å²) in [7, 11) is 0. The van der Waals surface area contributed by atoms with Gasteiger partial charge in [-0.15, -0.1) is 34.0 Å². The second-order valence-electron chi connectivity index (χ2n) is 12.0. The molecular weight excluding hydrogens is 631 g/mol. The molecule has 0 spiro atoms. The summed E-state index contributed by atoms with van der Waals surface area (Å²) in [6.07, 6.45) is 0. The molecule has 5 heteroatoms. The molecule has 4 aromatic heterocycles. The highest BCUT2D eigenvalue weighted by Crippen LogP contribution is 2.54. The van der Waals surface area contributed by atoms with Crippen LogP contribution in [0.25, 0.3) is 82.5 Å². The largest absolute Gasteiger partial charge is 0.456 e. The van der Waals surface area contributed by atoms with Crippen LogP contribution in [0.2, 0.25) is 0 Å². The van der Waals surface area contributed by atoms with Crippen LogP contribution in [0.3, 0.4) is 0 Å². The minimum Gasteiger partial charge on any atom is -0.456 e. The smallest absolute Gasteiger partial charge is 0.138 e. The van der Waals surface area contributed by atoms with Crippen molar-refractivity contribution in [1.82, 2.24) is 0 Å². The quantitative estimate of drug-likeness (QED) is 0.189. The fraction of sp³-hybridized carbons (Fsp3) is 0. The first-order valence-corrected chi connectivity index (χ1v) is 18.1. The van der Waals surface area contributed by atoms with E-state index in [0.717, 1.165) is 22.2 Å². The monoisotopic (exact) mass is 653 g/mol. The Morgan fingerprint density at radius 2 is 0.851 bits per heavy atom. The number of fused-ring (bicyclic) bond motifs is 13. The Morgan fingerprint density at radius 3 is 1.49 bits per heavy atom. The van der Waals surface area contributed by atoms with Crippen LogP contribution in [-0.4, -0.2) is 0 Å². The molecule has 0 radical (unpaired) electrons. The number of thiophene rings is 3. The van der Waals surface area contributed by atoms with Gasteiger partial charge in [0.05, 0.1) is 26.5 Å². The fourth-order valence-corrected chi connectivity index (χ4v) is 11.1. The molecule has 4 heterocycles. The minimum absolute atomic E-state index is 0.914. The average molecular weight is 654 g/mol. The van der Waals surface area contributed by atoms with Crippen LogP contribution in [0.5, 0.6) is 0 Å². The fourth-order valence-electron chi connectivity index (χ4n) is 7.45. The SMILES string of the molecule is c1ccc2c(c1)oc1cc(N(c3cccc4c3sc3ccccc34)c3cccc4c3sc3ccccc34)c3c4ccccc4sc3c12. The van der Waals surface area contributed by atoms with Crippen LogP contribution in [0, 0.1) is 0 Å². The van der Waals surface area contributed by atoms with Crippen molar-refractivity contribution in [3.05, 3.63) is 140 Å². The van der Waals surface area contributed by atoms with E-state index in [2.05, 4.69) is 144 Å². The molecule has 0 aliphatic carbocycles. The lowest BCUT2D eigenvalue weighted by molar-refractivity contribution is 0.669. The van der Waals surface area contributed by atoms with Gasteiger partial charge in [-0.25, -0.2) is 0 Å². The number of benzene rings is 7. The van der Waals surface area contributed by atoms with E-state index < -0.39 is 0 Å². The zero-order valence-corrected chi connectivity index (χ0v) is 27.3. The lowest BCUT2D eigenvalue weighted by Gasteiger charge is -2.27. The summed E-state index contributed by atoms with van der Waals surface area (Å²) >= 11 is 5.62. The molecule has 0 atom stereocenters. The Morgan fingerprint density at radius 1 is 0.362 bits per heavy atom. The van der Waals surface area contributed by atoms with Crippen molar-refractivity contribution in [2.75, 3.05) is 4.90 Å². The van der Waals surface area contributed by atoms with Gasteiger partial charge in [-0.2, -0.15) is 0 Å². The lowest BCUT2D eigenvalue weighted by atomic mass is 10.0. The van der Waals surface area contributed by atoms with Crippen LogP contribution in [0.4, 0.5) is 17.1 Å². The summed E-state index contributed by atoms with van der Waals surface area (Å²) in [5.74, 6) is 0. The topological polar surface area (TPSA) is 16.4 Å². The number of para-hydroxylation sites is 1. The first-order valence-electron chi connectivity index (χ1n) is 15.7. The lowest BCUT2D eigenvalue weighted by Crippen LogP contribution is -2.10. The molecule has 11 rings (SSSR count). The molecule has 0 amide bonds. The molecule has 220 valence electrons. The van der Waals surface area contributed by atoms with Crippen molar-refractivity contribution >= 4 is 134 Å². The van der Waals surface area contributed by atoms with Crippen molar-refractivity contribution in [1.29, 1.82) is 0 Å². The maximum Gasteiger partial charge on any atom is 0.138 e. The maximum absolute atomic E-state index is 6.68. The zero-order valence-electron chi connectivity index (χ0n) is 24.9. The van der Waals surface area contributed by atoms with Gasteiger partial charge in [0.25, 0.3) is 0 Å². The van der Waals surface area contributed by atoms with Gasteiger partial charge in [-0.1, -0.05) is 97.1 Å². The summed E-state index contributed by atoms with van der Waals surface area (Å²) in [4.78, 5) is 2.53. The third-order valence-corrected chi connectivity index (χ3v) is 13.1. The number of nitrogens with zero attached hydrogens (tertiary/aromatic N) is 1. The highest BCUT2D eigenvalue weighted by molar-refractivity contribution is 7.27. The first kappa shape index (κ1) is 25.9. The summed E-state index contributed by atoms with van der Waals surface area (Å²) < 4.78 is 14.4. The van der Waals surface area contributed by atoms with Crippen LogP contribution >= 0.6 is 34.0 Å². The number of furan rings is 1. The average Bonchev–Trinajstić information content (AvgIpc) is 3.88. The van der Waals surface area contributed by atoms with Crippen LogP contribution in [0.15, 0.2) is 144 Å². The van der Waals surface area contributed by atoms with Gasteiger partial charge in [-0.05, 0) is 36.4 Å². The van der Waals surface area contributed by atoms with Crippen molar-refractivity contribution in [3.63, 3.8) is 0 Å². The molecule has 0 saturated heterocycles. The van der Waals surface area contributed by atoms with Crippen molar-refractivity contribution in [2.24, 2.45) is 0 Å². The van der Waals surface area contributed by atoms with Gasteiger partial charge in [0.1, 0.15) is 11.2 Å². The van der Waals surface area contributed by atoms with Gasteiger partial charge in [0.2, 0.25) is 0 Å². The van der Waals surface area contributed by atoms with Crippen molar-refractivity contribution in [3.8, 4) is 0 Å². The molecule has 0 unspecified atom stereocenters. The standard InChI is InChI=1S/C42H23NOS3/c1-5-19-33-28(13-1)39-34(44-33)23-32(38-29-14-4-8-22-37(29)47-42(38)39)43(30-17-9-15-26-24-11-2-6-20-35(24)45-40(26)30)31-18-10-16-27-25-12-3-7-21-36(25)46-41(27)31/h1-23H. The second kappa shape index (κ2) is 9.66. The van der Waals surface area contributed by atoms with Crippen LogP contribution < -0.4 is 4.90 Å². The zero-order chi connectivity index (χ0) is 30.6. The highest BCUT2D eigenvalue weighted by Gasteiger charge is 2.26. The Balaban J connectivity index is 1.35. The Kier molecular flexibility index (Phi) is 5.33. The predicted octanol–water partition coefficient (Wildman–Crippen LogP) is 14.2. The van der Waals surface area contributed by atoms with E-state index in [-0.39, 0.29) is 0 Å². The summed E-state index contributed by atoms with van der Waals surface area (Å²) in [6, 6.07) is 50.7. The molecule has 7 aromatic carbocycles. The first-order chi connectivity index (χ1) is 23.3. The summed E-state index contributed by atoms with van der Waals surface area (Å²) in [5.41, 5.74) is 5.33.